The maximum Gasteiger partial charge on any atom is 0.307 e. The van der Waals surface area contributed by atoms with E-state index in [4.69, 9.17) is 23.2 Å². The van der Waals surface area contributed by atoms with Crippen LogP contribution in [0, 0.1) is 10.1 Å². The lowest BCUT2D eigenvalue weighted by atomic mass is 10.2. The van der Waals surface area contributed by atoms with E-state index < -0.39 is 4.92 Å². The first-order valence-electron chi connectivity index (χ1n) is 8.03. The Kier molecular flexibility index (Phi) is 5.75. The van der Waals surface area contributed by atoms with Gasteiger partial charge in [0.05, 0.1) is 15.0 Å². The van der Waals surface area contributed by atoms with E-state index in [-0.39, 0.29) is 18.1 Å². The van der Waals surface area contributed by atoms with E-state index >= 15 is 0 Å². The number of carbonyl (C=O) groups excluding carboxylic acids is 1. The summed E-state index contributed by atoms with van der Waals surface area (Å²) in [6.45, 7) is 3.43. The van der Waals surface area contributed by atoms with Gasteiger partial charge in [0.2, 0.25) is 5.91 Å². The highest BCUT2D eigenvalue weighted by atomic mass is 35.5. The van der Waals surface area contributed by atoms with Gasteiger partial charge in [-0.05, 0) is 17.7 Å². The second kappa shape index (κ2) is 8.03. The molecule has 0 aliphatic carbocycles. The van der Waals surface area contributed by atoms with E-state index in [1.165, 1.54) is 10.9 Å². The third kappa shape index (κ3) is 4.51. The fraction of sp³-hybridized carbons (Fsp3) is 0.375. The van der Waals surface area contributed by atoms with Gasteiger partial charge < -0.3 is 4.90 Å². The van der Waals surface area contributed by atoms with Crippen molar-refractivity contribution in [1.82, 2.24) is 19.6 Å². The van der Waals surface area contributed by atoms with Gasteiger partial charge >= 0.3 is 5.69 Å². The minimum atomic E-state index is -0.532. The van der Waals surface area contributed by atoms with Crippen LogP contribution in [0.3, 0.4) is 0 Å². The van der Waals surface area contributed by atoms with E-state index in [0.29, 0.717) is 23.1 Å². The molecule has 138 valence electrons. The largest absolute Gasteiger partial charge is 0.339 e. The molecule has 1 aromatic heterocycles. The number of rotatable bonds is 5. The third-order valence-corrected chi connectivity index (χ3v) is 4.98. The number of aromatic nitrogens is 2. The number of amides is 1. The molecule has 0 atom stereocenters. The number of nitrogens with zero attached hydrogens (tertiary/aromatic N) is 5. The molecule has 0 N–H and O–H groups in total. The van der Waals surface area contributed by atoms with Crippen LogP contribution in [0.1, 0.15) is 5.56 Å². The lowest BCUT2D eigenvalue weighted by Gasteiger charge is -2.34. The number of hydrogen-bond donors (Lipinski definition) is 0. The van der Waals surface area contributed by atoms with Crippen molar-refractivity contribution >= 4 is 34.8 Å². The minimum absolute atomic E-state index is 0.000627. The predicted molar refractivity (Wildman–Crippen MR) is 97.2 cm³/mol. The number of carbonyl (C=O) groups is 1. The summed E-state index contributed by atoms with van der Waals surface area (Å²) in [5.41, 5.74) is 0.951. The molecule has 2 aromatic rings. The summed E-state index contributed by atoms with van der Waals surface area (Å²) >= 11 is 12.0. The van der Waals surface area contributed by atoms with Crippen molar-refractivity contribution in [3.63, 3.8) is 0 Å². The molecule has 0 bridgehead atoms. The molecule has 2 heterocycles. The van der Waals surface area contributed by atoms with Gasteiger partial charge in [-0.3, -0.25) is 24.5 Å². The Morgan fingerprint density at radius 3 is 2.54 bits per heavy atom. The molecule has 26 heavy (non-hydrogen) atoms. The highest BCUT2D eigenvalue weighted by Gasteiger charge is 2.22. The van der Waals surface area contributed by atoms with Crippen molar-refractivity contribution in [2.75, 3.05) is 26.2 Å². The maximum absolute atomic E-state index is 12.3. The summed E-state index contributed by atoms with van der Waals surface area (Å²) in [6.07, 6.45) is 2.40. The van der Waals surface area contributed by atoms with Crippen molar-refractivity contribution in [3.05, 3.63) is 56.3 Å². The summed E-state index contributed by atoms with van der Waals surface area (Å²) in [7, 11) is 0. The van der Waals surface area contributed by atoms with Gasteiger partial charge in [-0.15, -0.1) is 0 Å². The maximum atomic E-state index is 12.3. The Morgan fingerprint density at radius 2 is 1.92 bits per heavy atom. The van der Waals surface area contributed by atoms with Crippen LogP contribution < -0.4 is 0 Å². The number of halogens is 2. The SMILES string of the molecule is O=C(Cn1cc([N+](=O)[O-])cn1)N1CCN(Cc2ccc(Cl)c(Cl)c2)CC1. The first kappa shape index (κ1) is 18.6. The van der Waals surface area contributed by atoms with Crippen molar-refractivity contribution in [3.8, 4) is 0 Å². The number of nitro groups is 1. The first-order valence-corrected chi connectivity index (χ1v) is 8.79. The molecule has 3 rings (SSSR count). The molecule has 1 aliphatic heterocycles. The van der Waals surface area contributed by atoms with Gasteiger partial charge in [0.15, 0.2) is 0 Å². The van der Waals surface area contributed by atoms with E-state index in [1.54, 1.807) is 11.0 Å². The Bertz CT molecular complexity index is 818. The standard InChI is InChI=1S/C16H17Cl2N5O3/c17-14-2-1-12(7-15(14)18)9-20-3-5-21(6-4-20)16(24)11-22-10-13(8-19-22)23(25)26/h1-2,7-8,10H,3-6,9,11H2. The van der Waals surface area contributed by atoms with Crippen LogP contribution in [-0.2, 0) is 17.9 Å². The number of benzene rings is 1. The molecular formula is C16H17Cl2N5O3. The van der Waals surface area contributed by atoms with Crippen LogP contribution in [0.2, 0.25) is 10.0 Å². The summed E-state index contributed by atoms with van der Waals surface area (Å²) in [5.74, 6) is -0.0998. The second-order valence-corrected chi connectivity index (χ2v) is 6.87. The fourth-order valence-electron chi connectivity index (χ4n) is 2.82. The average Bonchev–Trinajstić information content (AvgIpc) is 3.07. The quantitative estimate of drug-likeness (QED) is 0.571. The van der Waals surface area contributed by atoms with Gasteiger partial charge in [0.25, 0.3) is 0 Å². The number of hydrogen-bond acceptors (Lipinski definition) is 5. The molecule has 1 saturated heterocycles. The molecule has 0 spiro atoms. The molecule has 0 unspecified atom stereocenters. The zero-order valence-corrected chi connectivity index (χ0v) is 15.4. The smallest absolute Gasteiger partial charge is 0.307 e. The van der Waals surface area contributed by atoms with Gasteiger partial charge in [-0.2, -0.15) is 5.10 Å². The van der Waals surface area contributed by atoms with E-state index in [1.807, 2.05) is 12.1 Å². The van der Waals surface area contributed by atoms with Gasteiger partial charge in [-0.1, -0.05) is 29.3 Å². The molecule has 1 amide bonds. The zero-order valence-electron chi connectivity index (χ0n) is 13.8. The predicted octanol–water partition coefficient (Wildman–Crippen LogP) is 2.44. The Hall–Kier alpha value is -2.16. The van der Waals surface area contributed by atoms with Crippen LogP contribution in [0.4, 0.5) is 5.69 Å². The minimum Gasteiger partial charge on any atom is -0.339 e. The highest BCUT2D eigenvalue weighted by Crippen LogP contribution is 2.23. The molecule has 1 aliphatic rings. The fourth-order valence-corrected chi connectivity index (χ4v) is 3.14. The van der Waals surface area contributed by atoms with Crippen molar-refractivity contribution < 1.29 is 9.72 Å². The molecule has 8 nitrogen and oxygen atoms in total. The Morgan fingerprint density at radius 1 is 1.19 bits per heavy atom. The summed E-state index contributed by atoms with van der Waals surface area (Å²) in [4.78, 5) is 26.5. The van der Waals surface area contributed by atoms with Crippen LogP contribution in [0.25, 0.3) is 0 Å². The first-order chi connectivity index (χ1) is 12.4. The zero-order chi connectivity index (χ0) is 18.7. The summed E-state index contributed by atoms with van der Waals surface area (Å²) in [5, 5.41) is 15.6. The summed E-state index contributed by atoms with van der Waals surface area (Å²) < 4.78 is 1.29. The molecule has 1 aromatic carbocycles. The van der Waals surface area contributed by atoms with Crippen LogP contribution >= 0.6 is 23.2 Å². The lowest BCUT2D eigenvalue weighted by Crippen LogP contribution is -2.49. The molecular weight excluding hydrogens is 381 g/mol. The number of piperazine rings is 1. The van der Waals surface area contributed by atoms with Crippen molar-refractivity contribution in [2.24, 2.45) is 0 Å². The molecule has 0 radical (unpaired) electrons. The van der Waals surface area contributed by atoms with Crippen LogP contribution in [0.5, 0.6) is 0 Å². The van der Waals surface area contributed by atoms with Crippen molar-refractivity contribution in [2.45, 2.75) is 13.1 Å². The highest BCUT2D eigenvalue weighted by molar-refractivity contribution is 6.42. The van der Waals surface area contributed by atoms with Crippen LogP contribution in [0.15, 0.2) is 30.6 Å². The molecule has 1 fully saturated rings. The average molecular weight is 398 g/mol. The molecule has 10 heteroatoms. The van der Waals surface area contributed by atoms with Gasteiger partial charge in [0.1, 0.15) is 18.9 Å². The topological polar surface area (TPSA) is 84.5 Å². The second-order valence-electron chi connectivity index (χ2n) is 6.06. The Labute approximate surface area is 160 Å². The van der Waals surface area contributed by atoms with Gasteiger partial charge in [-0.25, -0.2) is 0 Å². The van der Waals surface area contributed by atoms with Crippen LogP contribution in [-0.4, -0.2) is 56.6 Å². The lowest BCUT2D eigenvalue weighted by molar-refractivity contribution is -0.385. The normalized spacial score (nSPS) is 15.2. The van der Waals surface area contributed by atoms with E-state index in [0.717, 1.165) is 31.4 Å². The van der Waals surface area contributed by atoms with Crippen molar-refractivity contribution in [1.29, 1.82) is 0 Å². The van der Waals surface area contributed by atoms with E-state index in [2.05, 4.69) is 10.00 Å². The van der Waals surface area contributed by atoms with Gasteiger partial charge in [0, 0.05) is 32.7 Å². The summed E-state index contributed by atoms with van der Waals surface area (Å²) in [6, 6.07) is 5.57. The monoisotopic (exact) mass is 397 g/mol. The Balaban J connectivity index is 1.50. The third-order valence-electron chi connectivity index (χ3n) is 4.24. The molecule has 0 saturated carbocycles. The van der Waals surface area contributed by atoms with E-state index in [9.17, 15) is 14.9 Å².